The van der Waals surface area contributed by atoms with Gasteiger partial charge in [-0.25, -0.2) is 0 Å². The number of likely N-dealkylation sites (tertiary alicyclic amines) is 1. The summed E-state index contributed by atoms with van der Waals surface area (Å²) in [6.07, 6.45) is 8.43. The zero-order chi connectivity index (χ0) is 14.5. The van der Waals surface area contributed by atoms with Crippen LogP contribution in [0.25, 0.3) is 0 Å². The number of nitrogens with zero attached hydrogens (tertiary/aromatic N) is 1. The minimum Gasteiger partial charge on any atom is -0.480 e. The molecular weight excluding hydrogens is 254 g/mol. The summed E-state index contributed by atoms with van der Waals surface area (Å²) in [4.78, 5) is 13.3. The number of carboxylic acids is 1. The fourth-order valence-electron chi connectivity index (χ4n) is 3.55. The van der Waals surface area contributed by atoms with Crippen LogP contribution < -0.4 is 0 Å². The topological polar surface area (TPSA) is 49.8 Å². The number of carboxylic acid groups (broad SMARTS) is 1. The molecule has 1 atom stereocenters. The third-order valence-electron chi connectivity index (χ3n) is 4.94. The van der Waals surface area contributed by atoms with Crippen LogP contribution in [0.4, 0.5) is 0 Å². The predicted molar refractivity (Wildman–Crippen MR) is 78.8 cm³/mol. The molecule has 0 bridgehead atoms. The summed E-state index contributed by atoms with van der Waals surface area (Å²) < 4.78 is 6.23. The number of carbonyl (C=O) groups is 1. The van der Waals surface area contributed by atoms with Gasteiger partial charge in [-0.15, -0.1) is 0 Å². The first-order chi connectivity index (χ1) is 9.60. The second kappa shape index (κ2) is 7.41. The van der Waals surface area contributed by atoms with E-state index in [9.17, 15) is 9.90 Å². The molecule has 116 valence electrons. The zero-order valence-corrected chi connectivity index (χ0v) is 12.9. The van der Waals surface area contributed by atoms with Gasteiger partial charge in [-0.3, -0.25) is 9.69 Å². The molecule has 4 nitrogen and oxygen atoms in total. The number of ether oxygens (including phenoxy) is 1. The highest BCUT2D eigenvalue weighted by Crippen LogP contribution is 2.28. The van der Waals surface area contributed by atoms with E-state index in [2.05, 4.69) is 11.8 Å². The molecule has 2 rings (SSSR count). The van der Waals surface area contributed by atoms with E-state index >= 15 is 0 Å². The van der Waals surface area contributed by atoms with Gasteiger partial charge in [-0.05, 0) is 50.9 Å². The number of hydrogen-bond donors (Lipinski definition) is 1. The third kappa shape index (κ3) is 4.19. The van der Waals surface area contributed by atoms with E-state index in [4.69, 9.17) is 4.74 Å². The van der Waals surface area contributed by atoms with Crippen LogP contribution in [-0.2, 0) is 9.53 Å². The quantitative estimate of drug-likeness (QED) is 0.843. The molecule has 1 aliphatic heterocycles. The third-order valence-corrected chi connectivity index (χ3v) is 4.94. The molecule has 0 aromatic carbocycles. The maximum absolute atomic E-state index is 11.2. The molecule has 1 unspecified atom stereocenters. The number of aliphatic carboxylic acids is 1. The van der Waals surface area contributed by atoms with Gasteiger partial charge >= 0.3 is 5.97 Å². The highest BCUT2D eigenvalue weighted by molar-refractivity contribution is 5.73. The molecule has 0 radical (unpaired) electrons. The van der Waals surface area contributed by atoms with Crippen molar-refractivity contribution in [1.82, 2.24) is 4.90 Å². The van der Waals surface area contributed by atoms with E-state index in [-0.39, 0.29) is 6.04 Å². The summed E-state index contributed by atoms with van der Waals surface area (Å²) >= 11 is 0. The molecule has 1 heterocycles. The first kappa shape index (κ1) is 15.8. The largest absolute Gasteiger partial charge is 0.480 e. The molecular formula is C16H29NO3. The molecule has 0 aromatic rings. The van der Waals surface area contributed by atoms with Gasteiger partial charge in [0.15, 0.2) is 0 Å². The Morgan fingerprint density at radius 3 is 2.20 bits per heavy atom. The molecule has 0 amide bonds. The van der Waals surface area contributed by atoms with E-state index in [0.29, 0.717) is 18.6 Å². The highest BCUT2D eigenvalue weighted by Gasteiger charge is 2.30. The SMILES string of the molecule is CCC(C(=O)O)N1CCC(OC2CCC(C)CC2)CC1. The molecule has 4 heteroatoms. The Kier molecular flexibility index (Phi) is 5.85. The van der Waals surface area contributed by atoms with E-state index in [0.717, 1.165) is 31.8 Å². The van der Waals surface area contributed by atoms with Crippen LogP contribution in [0.3, 0.4) is 0 Å². The standard InChI is InChI=1S/C16H29NO3/c1-3-15(16(18)19)17-10-8-14(9-11-17)20-13-6-4-12(2)5-7-13/h12-15H,3-11H2,1-2H3,(H,18,19). The lowest BCUT2D eigenvalue weighted by Crippen LogP contribution is -2.47. The Labute approximate surface area is 122 Å². The van der Waals surface area contributed by atoms with Gasteiger partial charge in [0.2, 0.25) is 0 Å². The minimum atomic E-state index is -0.687. The minimum absolute atomic E-state index is 0.313. The van der Waals surface area contributed by atoms with E-state index < -0.39 is 5.97 Å². The first-order valence-electron chi connectivity index (χ1n) is 8.22. The summed E-state index contributed by atoms with van der Waals surface area (Å²) in [5.74, 6) is 0.172. The van der Waals surface area contributed by atoms with Crippen LogP contribution in [0.15, 0.2) is 0 Å². The lowest BCUT2D eigenvalue weighted by molar-refractivity contribution is -0.145. The molecule has 20 heavy (non-hydrogen) atoms. The Balaban J connectivity index is 1.72. The van der Waals surface area contributed by atoms with E-state index in [1.807, 2.05) is 6.92 Å². The van der Waals surface area contributed by atoms with Gasteiger partial charge in [0.05, 0.1) is 12.2 Å². The van der Waals surface area contributed by atoms with Crippen molar-refractivity contribution in [1.29, 1.82) is 0 Å². The summed E-state index contributed by atoms with van der Waals surface area (Å²) in [7, 11) is 0. The number of piperidine rings is 1. The monoisotopic (exact) mass is 283 g/mol. The van der Waals surface area contributed by atoms with Gasteiger partial charge in [0, 0.05) is 13.1 Å². The van der Waals surface area contributed by atoms with Crippen molar-refractivity contribution in [2.45, 2.75) is 77.0 Å². The second-order valence-electron chi connectivity index (χ2n) is 6.52. The summed E-state index contributed by atoms with van der Waals surface area (Å²) in [5.41, 5.74) is 0. The first-order valence-corrected chi connectivity index (χ1v) is 8.22. The average molecular weight is 283 g/mol. The molecule has 0 spiro atoms. The Bertz CT molecular complexity index is 305. The van der Waals surface area contributed by atoms with Crippen LogP contribution >= 0.6 is 0 Å². The van der Waals surface area contributed by atoms with Gasteiger partial charge in [0.25, 0.3) is 0 Å². The van der Waals surface area contributed by atoms with Gasteiger partial charge < -0.3 is 9.84 Å². The van der Waals surface area contributed by atoms with Crippen molar-refractivity contribution < 1.29 is 14.6 Å². The average Bonchev–Trinajstić information content (AvgIpc) is 2.44. The Morgan fingerprint density at radius 2 is 1.70 bits per heavy atom. The molecule has 1 N–H and O–H groups in total. The fourth-order valence-corrected chi connectivity index (χ4v) is 3.55. The molecule has 0 aromatic heterocycles. The van der Waals surface area contributed by atoms with Crippen LogP contribution in [0.5, 0.6) is 0 Å². The number of rotatable bonds is 5. The van der Waals surface area contributed by atoms with Crippen molar-refractivity contribution >= 4 is 5.97 Å². The van der Waals surface area contributed by atoms with Crippen LogP contribution in [-0.4, -0.2) is 47.3 Å². The van der Waals surface area contributed by atoms with Crippen molar-refractivity contribution in [2.75, 3.05) is 13.1 Å². The van der Waals surface area contributed by atoms with Crippen molar-refractivity contribution in [2.24, 2.45) is 5.92 Å². The molecule has 1 saturated heterocycles. The van der Waals surface area contributed by atoms with E-state index in [1.165, 1.54) is 25.7 Å². The van der Waals surface area contributed by atoms with Crippen molar-refractivity contribution in [3.05, 3.63) is 0 Å². The molecule has 2 aliphatic rings. The fraction of sp³-hybridized carbons (Fsp3) is 0.938. The molecule has 2 fully saturated rings. The zero-order valence-electron chi connectivity index (χ0n) is 12.9. The predicted octanol–water partition coefficient (Wildman–Crippen LogP) is 2.91. The van der Waals surface area contributed by atoms with Gasteiger partial charge in [-0.1, -0.05) is 13.8 Å². The number of hydrogen-bond acceptors (Lipinski definition) is 3. The van der Waals surface area contributed by atoms with E-state index in [1.54, 1.807) is 0 Å². The van der Waals surface area contributed by atoms with Crippen molar-refractivity contribution in [3.63, 3.8) is 0 Å². The van der Waals surface area contributed by atoms with Crippen LogP contribution in [0, 0.1) is 5.92 Å². The summed E-state index contributed by atoms with van der Waals surface area (Å²) in [5, 5.41) is 9.20. The lowest BCUT2D eigenvalue weighted by atomic mass is 9.88. The Hall–Kier alpha value is -0.610. The second-order valence-corrected chi connectivity index (χ2v) is 6.52. The summed E-state index contributed by atoms with van der Waals surface area (Å²) in [6.45, 7) is 5.99. The van der Waals surface area contributed by atoms with Gasteiger partial charge in [-0.2, -0.15) is 0 Å². The molecule has 1 aliphatic carbocycles. The van der Waals surface area contributed by atoms with Crippen LogP contribution in [0.2, 0.25) is 0 Å². The lowest BCUT2D eigenvalue weighted by Gasteiger charge is -2.37. The van der Waals surface area contributed by atoms with Crippen LogP contribution in [0.1, 0.15) is 58.8 Å². The highest BCUT2D eigenvalue weighted by atomic mass is 16.5. The maximum atomic E-state index is 11.2. The Morgan fingerprint density at radius 1 is 1.15 bits per heavy atom. The normalized spacial score (nSPS) is 31.1. The maximum Gasteiger partial charge on any atom is 0.320 e. The van der Waals surface area contributed by atoms with Gasteiger partial charge in [0.1, 0.15) is 6.04 Å². The molecule has 1 saturated carbocycles. The summed E-state index contributed by atoms with van der Waals surface area (Å²) in [6, 6.07) is -0.313. The smallest absolute Gasteiger partial charge is 0.320 e. The van der Waals surface area contributed by atoms with Crippen molar-refractivity contribution in [3.8, 4) is 0 Å².